The highest BCUT2D eigenvalue weighted by Gasteiger charge is 2.29. The molecule has 0 spiro atoms. The molecule has 0 aliphatic carbocycles. The highest BCUT2D eigenvalue weighted by Crippen LogP contribution is 2.28. The third kappa shape index (κ3) is 2.52. The van der Waals surface area contributed by atoms with Gasteiger partial charge in [-0.05, 0) is 35.7 Å². The topological polar surface area (TPSA) is 63.4 Å². The van der Waals surface area contributed by atoms with E-state index in [0.717, 1.165) is 23.3 Å². The molecule has 0 bridgehead atoms. The monoisotopic (exact) mass is 306 g/mol. The van der Waals surface area contributed by atoms with Crippen molar-refractivity contribution in [2.45, 2.75) is 17.9 Å². The maximum atomic E-state index is 13.1. The quantitative estimate of drug-likeness (QED) is 0.865. The number of nitrogens with two attached hydrogens (primary N) is 1. The third-order valence-electron chi connectivity index (χ3n) is 3.69. The highest BCUT2D eigenvalue weighted by molar-refractivity contribution is 7.89. The second-order valence-corrected chi connectivity index (χ2v) is 6.95. The summed E-state index contributed by atoms with van der Waals surface area (Å²) in [5, 5.41) is 0. The van der Waals surface area contributed by atoms with Crippen molar-refractivity contribution in [3.05, 3.63) is 59.4 Å². The van der Waals surface area contributed by atoms with Crippen molar-refractivity contribution < 1.29 is 12.8 Å². The molecule has 3 rings (SSSR count). The van der Waals surface area contributed by atoms with E-state index >= 15 is 0 Å². The molecular formula is C15H15FN2O2S. The van der Waals surface area contributed by atoms with Crippen LogP contribution in [0.2, 0.25) is 0 Å². The van der Waals surface area contributed by atoms with E-state index in [9.17, 15) is 12.8 Å². The van der Waals surface area contributed by atoms with Crippen LogP contribution in [0.1, 0.15) is 11.1 Å². The van der Waals surface area contributed by atoms with Gasteiger partial charge in [0.05, 0.1) is 5.69 Å². The standard InChI is InChI=1S/C15H15FN2O2S/c16-13-5-6-15(14(17)9-13)21(19,20)18-8-7-11-3-1-2-4-12(11)10-18/h1-6,9H,7-8,10,17H2. The predicted octanol–water partition coefficient (Wildman–Crippen LogP) is 2.15. The Balaban J connectivity index is 1.97. The predicted molar refractivity (Wildman–Crippen MR) is 78.6 cm³/mol. The third-order valence-corrected chi connectivity index (χ3v) is 5.60. The summed E-state index contributed by atoms with van der Waals surface area (Å²) < 4.78 is 39.8. The molecule has 4 nitrogen and oxygen atoms in total. The van der Waals surface area contributed by atoms with Gasteiger partial charge in [0.1, 0.15) is 10.7 Å². The molecule has 1 aliphatic heterocycles. The molecule has 2 aromatic carbocycles. The SMILES string of the molecule is Nc1cc(F)ccc1S(=O)(=O)N1CCc2ccccc2C1. The molecule has 0 atom stereocenters. The van der Waals surface area contributed by atoms with Crippen molar-refractivity contribution in [1.29, 1.82) is 0 Å². The summed E-state index contributed by atoms with van der Waals surface area (Å²) in [7, 11) is -3.71. The fourth-order valence-corrected chi connectivity index (χ4v) is 4.08. The van der Waals surface area contributed by atoms with Crippen LogP contribution in [0.4, 0.5) is 10.1 Å². The zero-order chi connectivity index (χ0) is 15.0. The average Bonchev–Trinajstić information content (AvgIpc) is 2.46. The van der Waals surface area contributed by atoms with E-state index in [1.165, 1.54) is 10.4 Å². The van der Waals surface area contributed by atoms with Gasteiger partial charge in [-0.25, -0.2) is 12.8 Å². The molecule has 0 amide bonds. The summed E-state index contributed by atoms with van der Waals surface area (Å²) in [6, 6.07) is 11.1. The summed E-state index contributed by atoms with van der Waals surface area (Å²) in [4.78, 5) is -0.0386. The molecule has 6 heteroatoms. The zero-order valence-electron chi connectivity index (χ0n) is 11.3. The molecule has 21 heavy (non-hydrogen) atoms. The van der Waals surface area contributed by atoms with E-state index in [1.54, 1.807) is 0 Å². The smallest absolute Gasteiger partial charge is 0.245 e. The zero-order valence-corrected chi connectivity index (χ0v) is 12.1. The Morgan fingerprint density at radius 3 is 2.52 bits per heavy atom. The van der Waals surface area contributed by atoms with Crippen LogP contribution in [0.5, 0.6) is 0 Å². The van der Waals surface area contributed by atoms with Gasteiger partial charge in [-0.15, -0.1) is 0 Å². The van der Waals surface area contributed by atoms with E-state index in [0.29, 0.717) is 19.5 Å². The molecule has 0 saturated carbocycles. The Kier molecular flexibility index (Phi) is 3.43. The first-order chi connectivity index (χ1) is 9.98. The Bertz CT molecular complexity index is 790. The fourth-order valence-electron chi connectivity index (χ4n) is 2.57. The number of benzene rings is 2. The van der Waals surface area contributed by atoms with Crippen molar-refractivity contribution >= 4 is 15.7 Å². The van der Waals surface area contributed by atoms with Crippen LogP contribution in [-0.2, 0) is 23.0 Å². The molecule has 2 aromatic rings. The van der Waals surface area contributed by atoms with Gasteiger partial charge in [0.25, 0.3) is 0 Å². The van der Waals surface area contributed by atoms with Crippen molar-refractivity contribution in [1.82, 2.24) is 4.31 Å². The second kappa shape index (κ2) is 5.13. The van der Waals surface area contributed by atoms with Crippen molar-refractivity contribution in [2.24, 2.45) is 0 Å². The van der Waals surface area contributed by atoms with Crippen LogP contribution in [0, 0.1) is 5.82 Å². The van der Waals surface area contributed by atoms with Crippen molar-refractivity contribution in [2.75, 3.05) is 12.3 Å². The molecule has 1 heterocycles. The summed E-state index contributed by atoms with van der Waals surface area (Å²) >= 11 is 0. The first-order valence-electron chi connectivity index (χ1n) is 6.60. The van der Waals surface area contributed by atoms with Gasteiger partial charge in [0.2, 0.25) is 10.0 Å². The van der Waals surface area contributed by atoms with E-state index in [1.807, 2.05) is 24.3 Å². The van der Waals surface area contributed by atoms with Gasteiger partial charge in [0, 0.05) is 13.1 Å². The number of halogens is 1. The van der Waals surface area contributed by atoms with Crippen LogP contribution in [-0.4, -0.2) is 19.3 Å². The normalized spacial score (nSPS) is 15.7. The number of hydrogen-bond donors (Lipinski definition) is 1. The van der Waals surface area contributed by atoms with Gasteiger partial charge in [0.15, 0.2) is 0 Å². The molecular weight excluding hydrogens is 291 g/mol. The van der Waals surface area contributed by atoms with E-state index < -0.39 is 15.8 Å². The second-order valence-electron chi connectivity index (χ2n) is 5.04. The van der Waals surface area contributed by atoms with Gasteiger partial charge in [-0.3, -0.25) is 0 Å². The van der Waals surface area contributed by atoms with Crippen molar-refractivity contribution in [3.63, 3.8) is 0 Å². The van der Waals surface area contributed by atoms with Crippen LogP contribution in [0.15, 0.2) is 47.4 Å². The number of nitrogens with zero attached hydrogens (tertiary/aromatic N) is 1. The molecule has 0 saturated heterocycles. The minimum Gasteiger partial charge on any atom is -0.398 e. The van der Waals surface area contributed by atoms with Crippen LogP contribution >= 0.6 is 0 Å². The van der Waals surface area contributed by atoms with E-state index in [2.05, 4.69) is 0 Å². The molecule has 2 N–H and O–H groups in total. The van der Waals surface area contributed by atoms with Crippen LogP contribution in [0.25, 0.3) is 0 Å². The van der Waals surface area contributed by atoms with Gasteiger partial charge in [-0.1, -0.05) is 24.3 Å². The first-order valence-corrected chi connectivity index (χ1v) is 8.04. The lowest BCUT2D eigenvalue weighted by Gasteiger charge is -2.28. The summed E-state index contributed by atoms with van der Waals surface area (Å²) in [5.74, 6) is -0.546. The minimum absolute atomic E-state index is 0.0386. The summed E-state index contributed by atoms with van der Waals surface area (Å²) in [6.07, 6.45) is 0.663. The lowest BCUT2D eigenvalue weighted by Crippen LogP contribution is -2.36. The number of anilines is 1. The number of rotatable bonds is 2. The first kappa shape index (κ1) is 14.0. The largest absolute Gasteiger partial charge is 0.398 e. The van der Waals surface area contributed by atoms with Gasteiger partial charge >= 0.3 is 0 Å². The molecule has 0 fully saturated rings. The van der Waals surface area contributed by atoms with Gasteiger partial charge < -0.3 is 5.73 Å². The number of nitrogen functional groups attached to an aromatic ring is 1. The lowest BCUT2D eigenvalue weighted by molar-refractivity contribution is 0.391. The molecule has 1 aliphatic rings. The van der Waals surface area contributed by atoms with Crippen LogP contribution < -0.4 is 5.73 Å². The Morgan fingerprint density at radius 2 is 1.81 bits per heavy atom. The summed E-state index contributed by atoms with van der Waals surface area (Å²) in [5.41, 5.74) is 7.76. The van der Waals surface area contributed by atoms with E-state index in [-0.39, 0.29) is 10.6 Å². The molecule has 0 unspecified atom stereocenters. The average molecular weight is 306 g/mol. The fraction of sp³-hybridized carbons (Fsp3) is 0.200. The summed E-state index contributed by atoms with van der Waals surface area (Å²) in [6.45, 7) is 0.714. The number of hydrogen-bond acceptors (Lipinski definition) is 3. The lowest BCUT2D eigenvalue weighted by atomic mass is 10.0. The van der Waals surface area contributed by atoms with Gasteiger partial charge in [-0.2, -0.15) is 4.31 Å². The Labute approximate surface area is 123 Å². The maximum absolute atomic E-state index is 13.1. The molecule has 110 valence electrons. The highest BCUT2D eigenvalue weighted by atomic mass is 32.2. The van der Waals surface area contributed by atoms with E-state index in [4.69, 9.17) is 5.73 Å². The minimum atomic E-state index is -3.71. The molecule has 0 aromatic heterocycles. The maximum Gasteiger partial charge on any atom is 0.245 e. The van der Waals surface area contributed by atoms with Crippen molar-refractivity contribution in [3.8, 4) is 0 Å². The Morgan fingerprint density at radius 1 is 1.10 bits per heavy atom. The number of fused-ring (bicyclic) bond motifs is 1. The molecule has 0 radical (unpaired) electrons. The number of sulfonamides is 1. The Hall–Kier alpha value is -1.92. The van der Waals surface area contributed by atoms with Crippen LogP contribution in [0.3, 0.4) is 0 Å².